The standard InChI is InChI=1S/C16H22O2Si/c1-18-16(17)15-13(10-11-19(2,3)4)14(15)12-8-6-5-7-9-12/h5-11,13-15H,1-4H3/b11-10+/t13-,14-,15-/m0/s1. The maximum Gasteiger partial charge on any atom is 0.309 e. The molecule has 1 aromatic carbocycles. The number of hydrogen-bond donors (Lipinski definition) is 0. The second-order valence-electron chi connectivity index (χ2n) is 6.29. The zero-order chi connectivity index (χ0) is 14.0. The minimum absolute atomic E-state index is 0.000000000000000666. The van der Waals surface area contributed by atoms with E-state index in [2.05, 4.69) is 43.5 Å². The van der Waals surface area contributed by atoms with Gasteiger partial charge in [0.15, 0.2) is 0 Å². The molecule has 0 aliphatic heterocycles. The first kappa shape index (κ1) is 14.1. The van der Waals surface area contributed by atoms with E-state index in [0.717, 1.165) is 0 Å². The Labute approximate surface area is 116 Å². The molecule has 0 saturated heterocycles. The molecule has 0 heterocycles. The summed E-state index contributed by atoms with van der Waals surface area (Å²) in [5, 5.41) is 0. The van der Waals surface area contributed by atoms with Gasteiger partial charge in [0.1, 0.15) is 0 Å². The van der Waals surface area contributed by atoms with E-state index in [1.807, 2.05) is 18.2 Å². The zero-order valence-electron chi connectivity index (χ0n) is 12.1. The number of hydrogen-bond acceptors (Lipinski definition) is 2. The predicted molar refractivity (Wildman–Crippen MR) is 80.7 cm³/mol. The highest BCUT2D eigenvalue weighted by Gasteiger charge is 2.54. The first-order chi connectivity index (χ1) is 8.94. The summed E-state index contributed by atoms with van der Waals surface area (Å²) < 4.78 is 4.93. The van der Waals surface area contributed by atoms with Crippen molar-refractivity contribution in [3.63, 3.8) is 0 Å². The van der Waals surface area contributed by atoms with Gasteiger partial charge in [-0.05, 0) is 11.5 Å². The van der Waals surface area contributed by atoms with E-state index in [9.17, 15) is 4.79 Å². The number of esters is 1. The van der Waals surface area contributed by atoms with Crippen molar-refractivity contribution in [1.29, 1.82) is 0 Å². The number of methoxy groups -OCH3 is 1. The minimum atomic E-state index is -1.22. The van der Waals surface area contributed by atoms with Gasteiger partial charge >= 0.3 is 5.97 Å². The van der Waals surface area contributed by atoms with Crippen LogP contribution >= 0.6 is 0 Å². The Hall–Kier alpha value is -1.35. The predicted octanol–water partition coefficient (Wildman–Crippen LogP) is 3.62. The summed E-state index contributed by atoms with van der Waals surface area (Å²) in [5.74, 6) is 0.516. The number of rotatable bonds is 4. The molecule has 3 heteroatoms. The summed E-state index contributed by atoms with van der Waals surface area (Å²) in [7, 11) is 0.256. The Morgan fingerprint density at radius 2 is 1.84 bits per heavy atom. The van der Waals surface area contributed by atoms with Crippen molar-refractivity contribution in [1.82, 2.24) is 0 Å². The average Bonchev–Trinajstić information content (AvgIpc) is 3.10. The second kappa shape index (κ2) is 5.33. The fourth-order valence-corrected chi connectivity index (χ4v) is 3.32. The summed E-state index contributed by atoms with van der Waals surface area (Å²) >= 11 is 0. The summed E-state index contributed by atoms with van der Waals surface area (Å²) in [6.07, 6.45) is 2.24. The van der Waals surface area contributed by atoms with Crippen LogP contribution in [0.4, 0.5) is 0 Å². The van der Waals surface area contributed by atoms with Gasteiger partial charge in [0.25, 0.3) is 0 Å². The topological polar surface area (TPSA) is 26.3 Å². The van der Waals surface area contributed by atoms with Crippen LogP contribution in [-0.2, 0) is 9.53 Å². The molecule has 0 radical (unpaired) electrons. The molecule has 1 fully saturated rings. The van der Waals surface area contributed by atoms with Gasteiger partial charge in [-0.2, -0.15) is 0 Å². The smallest absolute Gasteiger partial charge is 0.309 e. The first-order valence-electron chi connectivity index (χ1n) is 6.76. The van der Waals surface area contributed by atoms with Gasteiger partial charge in [0, 0.05) is 5.92 Å². The largest absolute Gasteiger partial charge is 0.469 e. The van der Waals surface area contributed by atoms with Crippen LogP contribution in [0.1, 0.15) is 11.5 Å². The van der Waals surface area contributed by atoms with E-state index >= 15 is 0 Å². The number of benzene rings is 1. The third kappa shape index (κ3) is 3.35. The lowest BCUT2D eigenvalue weighted by Crippen LogP contribution is -2.15. The van der Waals surface area contributed by atoms with Crippen LogP contribution in [0.15, 0.2) is 42.1 Å². The van der Waals surface area contributed by atoms with E-state index in [-0.39, 0.29) is 11.9 Å². The monoisotopic (exact) mass is 274 g/mol. The highest BCUT2D eigenvalue weighted by Crippen LogP contribution is 2.55. The van der Waals surface area contributed by atoms with E-state index in [4.69, 9.17) is 4.74 Å². The third-order valence-corrected chi connectivity index (χ3v) is 4.74. The molecule has 1 aliphatic carbocycles. The Morgan fingerprint density at radius 1 is 1.21 bits per heavy atom. The SMILES string of the molecule is COC(=O)[C@H]1[C@@H](/C=C/[Si](C)(C)C)[C@@H]1c1ccccc1. The van der Waals surface area contributed by atoms with Gasteiger partial charge in [-0.25, -0.2) is 0 Å². The maximum absolute atomic E-state index is 11.8. The molecular weight excluding hydrogens is 252 g/mol. The number of ether oxygens (including phenoxy) is 1. The molecule has 3 atom stereocenters. The molecule has 1 saturated carbocycles. The highest BCUT2D eigenvalue weighted by molar-refractivity contribution is 6.80. The van der Waals surface area contributed by atoms with Crippen molar-refractivity contribution in [3.8, 4) is 0 Å². The van der Waals surface area contributed by atoms with Gasteiger partial charge in [-0.15, -0.1) is 0 Å². The lowest BCUT2D eigenvalue weighted by Gasteiger charge is -2.07. The fraction of sp³-hybridized carbons (Fsp3) is 0.438. The Morgan fingerprint density at radius 3 is 2.37 bits per heavy atom. The van der Waals surface area contributed by atoms with Crippen LogP contribution in [0.3, 0.4) is 0 Å². The average molecular weight is 274 g/mol. The highest BCUT2D eigenvalue weighted by atomic mass is 28.3. The van der Waals surface area contributed by atoms with Crippen LogP contribution < -0.4 is 0 Å². The fourth-order valence-electron chi connectivity index (χ4n) is 2.52. The molecule has 2 rings (SSSR count). The molecule has 0 bridgehead atoms. The quantitative estimate of drug-likeness (QED) is 0.619. The molecule has 2 nitrogen and oxygen atoms in total. The van der Waals surface area contributed by atoms with Crippen molar-refractivity contribution in [2.45, 2.75) is 25.6 Å². The van der Waals surface area contributed by atoms with Gasteiger partial charge in [-0.3, -0.25) is 4.79 Å². The molecule has 102 valence electrons. The third-order valence-electron chi connectivity index (χ3n) is 3.55. The van der Waals surface area contributed by atoms with Gasteiger partial charge < -0.3 is 4.74 Å². The number of carbonyl (C=O) groups excluding carboxylic acids is 1. The summed E-state index contributed by atoms with van der Waals surface area (Å²) in [5.41, 5.74) is 3.57. The molecule has 0 unspecified atom stereocenters. The molecular formula is C16H22O2Si. The summed E-state index contributed by atoms with van der Waals surface area (Å²) in [6.45, 7) is 6.91. The Kier molecular flexibility index (Phi) is 3.95. The molecule has 0 spiro atoms. The molecule has 1 aliphatic rings. The van der Waals surface area contributed by atoms with Crippen molar-refractivity contribution in [2.24, 2.45) is 11.8 Å². The maximum atomic E-state index is 11.8. The van der Waals surface area contributed by atoms with Gasteiger partial charge in [0.05, 0.1) is 21.1 Å². The first-order valence-corrected chi connectivity index (χ1v) is 10.3. The molecule has 0 N–H and O–H groups in total. The number of allylic oxidation sites excluding steroid dienone is 1. The van der Waals surface area contributed by atoms with Crippen LogP contribution in [0, 0.1) is 11.8 Å². The van der Waals surface area contributed by atoms with Gasteiger partial charge in [-0.1, -0.05) is 61.7 Å². The van der Waals surface area contributed by atoms with Crippen LogP contribution in [0.25, 0.3) is 0 Å². The molecule has 19 heavy (non-hydrogen) atoms. The van der Waals surface area contributed by atoms with E-state index in [0.29, 0.717) is 11.8 Å². The van der Waals surface area contributed by atoms with Crippen molar-refractivity contribution in [3.05, 3.63) is 47.7 Å². The lowest BCUT2D eigenvalue weighted by atomic mass is 10.1. The molecule has 1 aromatic rings. The number of carbonyl (C=O) groups is 1. The molecule has 0 aromatic heterocycles. The van der Waals surface area contributed by atoms with Crippen LogP contribution in [0.2, 0.25) is 19.6 Å². The minimum Gasteiger partial charge on any atom is -0.469 e. The van der Waals surface area contributed by atoms with E-state index in [1.165, 1.54) is 12.7 Å². The molecule has 0 amide bonds. The van der Waals surface area contributed by atoms with Crippen LogP contribution in [0.5, 0.6) is 0 Å². The lowest BCUT2D eigenvalue weighted by molar-refractivity contribution is -0.142. The van der Waals surface area contributed by atoms with Crippen molar-refractivity contribution >= 4 is 14.0 Å². The summed E-state index contributed by atoms with van der Waals surface area (Å²) in [4.78, 5) is 11.8. The van der Waals surface area contributed by atoms with Crippen LogP contribution in [-0.4, -0.2) is 21.2 Å². The van der Waals surface area contributed by atoms with Crippen molar-refractivity contribution < 1.29 is 9.53 Å². The Balaban J connectivity index is 2.18. The normalized spacial score (nSPS) is 26.4. The van der Waals surface area contributed by atoms with E-state index < -0.39 is 8.07 Å². The second-order valence-corrected chi connectivity index (χ2v) is 11.4. The summed E-state index contributed by atoms with van der Waals surface area (Å²) in [6, 6.07) is 10.3. The van der Waals surface area contributed by atoms with E-state index in [1.54, 1.807) is 0 Å². The Bertz CT molecular complexity index is 473. The zero-order valence-corrected chi connectivity index (χ0v) is 13.1. The van der Waals surface area contributed by atoms with Crippen molar-refractivity contribution in [2.75, 3.05) is 7.11 Å². The van der Waals surface area contributed by atoms with Gasteiger partial charge in [0.2, 0.25) is 0 Å².